The Morgan fingerprint density at radius 3 is 2.80 bits per heavy atom. The maximum atomic E-state index is 5.78. The standard InChI is InChI=1S/C12H14BrNO/c1-14(2)7-6-10-8-9-4-3-5-11(13)12(9)15-10/h3-5,8H,6-7H2,1-2H3. The Morgan fingerprint density at radius 2 is 2.13 bits per heavy atom. The summed E-state index contributed by atoms with van der Waals surface area (Å²) in [7, 11) is 4.14. The van der Waals surface area contributed by atoms with E-state index in [-0.39, 0.29) is 0 Å². The van der Waals surface area contributed by atoms with Crippen molar-refractivity contribution in [1.29, 1.82) is 0 Å². The van der Waals surface area contributed by atoms with Gasteiger partial charge in [-0.2, -0.15) is 0 Å². The van der Waals surface area contributed by atoms with E-state index in [0.29, 0.717) is 0 Å². The fraction of sp³-hybridized carbons (Fsp3) is 0.333. The molecular weight excluding hydrogens is 254 g/mol. The second-order valence-electron chi connectivity index (χ2n) is 3.92. The number of para-hydroxylation sites is 1. The van der Waals surface area contributed by atoms with Gasteiger partial charge in [-0.25, -0.2) is 0 Å². The van der Waals surface area contributed by atoms with Gasteiger partial charge in [0.1, 0.15) is 11.3 Å². The van der Waals surface area contributed by atoms with Crippen LogP contribution in [0.3, 0.4) is 0 Å². The number of nitrogens with zero attached hydrogens (tertiary/aromatic N) is 1. The molecule has 0 aliphatic carbocycles. The molecule has 0 amide bonds. The minimum Gasteiger partial charge on any atom is -0.460 e. The van der Waals surface area contributed by atoms with Crippen LogP contribution in [0.25, 0.3) is 11.0 Å². The highest BCUT2D eigenvalue weighted by atomic mass is 79.9. The topological polar surface area (TPSA) is 16.4 Å². The molecule has 15 heavy (non-hydrogen) atoms. The van der Waals surface area contributed by atoms with E-state index in [9.17, 15) is 0 Å². The highest BCUT2D eigenvalue weighted by molar-refractivity contribution is 9.10. The van der Waals surface area contributed by atoms with Crippen LogP contribution in [0.1, 0.15) is 5.76 Å². The zero-order chi connectivity index (χ0) is 10.8. The molecule has 1 aromatic carbocycles. The molecular formula is C12H14BrNO. The van der Waals surface area contributed by atoms with Crippen molar-refractivity contribution >= 4 is 26.9 Å². The van der Waals surface area contributed by atoms with E-state index in [0.717, 1.165) is 34.2 Å². The van der Waals surface area contributed by atoms with Crippen LogP contribution in [0, 0.1) is 0 Å². The highest BCUT2D eigenvalue weighted by Gasteiger charge is 2.06. The predicted octanol–water partition coefficient (Wildman–Crippen LogP) is 3.30. The van der Waals surface area contributed by atoms with Gasteiger partial charge < -0.3 is 9.32 Å². The molecule has 0 saturated carbocycles. The Kier molecular flexibility index (Phi) is 3.12. The van der Waals surface area contributed by atoms with Crippen LogP contribution in [0.2, 0.25) is 0 Å². The van der Waals surface area contributed by atoms with Gasteiger partial charge in [-0.05, 0) is 42.2 Å². The second-order valence-corrected chi connectivity index (χ2v) is 4.78. The summed E-state index contributed by atoms with van der Waals surface area (Å²) >= 11 is 3.49. The van der Waals surface area contributed by atoms with Gasteiger partial charge in [-0.1, -0.05) is 12.1 Å². The van der Waals surface area contributed by atoms with Crippen molar-refractivity contribution in [3.8, 4) is 0 Å². The summed E-state index contributed by atoms with van der Waals surface area (Å²) < 4.78 is 6.80. The first-order valence-corrected chi connectivity index (χ1v) is 5.78. The molecule has 2 aromatic rings. The molecule has 1 heterocycles. The van der Waals surface area contributed by atoms with Crippen molar-refractivity contribution in [3.63, 3.8) is 0 Å². The lowest BCUT2D eigenvalue weighted by Gasteiger charge is -2.06. The van der Waals surface area contributed by atoms with Crippen LogP contribution in [0.5, 0.6) is 0 Å². The van der Waals surface area contributed by atoms with Gasteiger partial charge in [-0.3, -0.25) is 0 Å². The number of halogens is 1. The number of rotatable bonds is 3. The molecule has 0 saturated heterocycles. The minimum absolute atomic E-state index is 0.950. The van der Waals surface area contributed by atoms with Crippen LogP contribution < -0.4 is 0 Å². The third kappa shape index (κ3) is 2.41. The number of furan rings is 1. The Morgan fingerprint density at radius 1 is 1.33 bits per heavy atom. The van der Waals surface area contributed by atoms with Gasteiger partial charge in [0.05, 0.1) is 4.47 Å². The summed E-state index contributed by atoms with van der Waals surface area (Å²) in [5.74, 6) is 1.05. The summed E-state index contributed by atoms with van der Waals surface area (Å²) in [6, 6.07) is 8.21. The van der Waals surface area contributed by atoms with Crippen molar-refractivity contribution in [2.75, 3.05) is 20.6 Å². The Bertz CT molecular complexity index is 462. The molecule has 2 nitrogen and oxygen atoms in total. The number of likely N-dealkylation sites (N-methyl/N-ethyl adjacent to an activating group) is 1. The number of hydrogen-bond acceptors (Lipinski definition) is 2. The van der Waals surface area contributed by atoms with Crippen LogP contribution in [-0.4, -0.2) is 25.5 Å². The fourth-order valence-electron chi connectivity index (χ4n) is 1.54. The summed E-state index contributed by atoms with van der Waals surface area (Å²) in [5, 5.41) is 1.16. The van der Waals surface area contributed by atoms with Crippen LogP contribution in [0.4, 0.5) is 0 Å². The van der Waals surface area contributed by atoms with Gasteiger partial charge >= 0.3 is 0 Å². The van der Waals surface area contributed by atoms with Crippen LogP contribution in [-0.2, 0) is 6.42 Å². The molecule has 0 radical (unpaired) electrons. The second kappa shape index (κ2) is 4.37. The summed E-state index contributed by atoms with van der Waals surface area (Å²) in [6.45, 7) is 1.01. The number of fused-ring (bicyclic) bond motifs is 1. The van der Waals surface area contributed by atoms with E-state index in [1.165, 1.54) is 0 Å². The van der Waals surface area contributed by atoms with Crippen molar-refractivity contribution in [2.24, 2.45) is 0 Å². The predicted molar refractivity (Wildman–Crippen MR) is 66.2 cm³/mol. The van der Waals surface area contributed by atoms with Crippen LogP contribution in [0.15, 0.2) is 33.2 Å². The molecule has 0 aliphatic rings. The maximum absolute atomic E-state index is 5.78. The monoisotopic (exact) mass is 267 g/mol. The fourth-order valence-corrected chi connectivity index (χ4v) is 2.00. The lowest BCUT2D eigenvalue weighted by Crippen LogP contribution is -2.14. The first-order valence-electron chi connectivity index (χ1n) is 4.98. The van der Waals surface area contributed by atoms with Crippen molar-refractivity contribution in [1.82, 2.24) is 4.90 Å². The third-order valence-corrected chi connectivity index (χ3v) is 2.98. The summed E-state index contributed by atoms with van der Waals surface area (Å²) in [5.41, 5.74) is 0.950. The van der Waals surface area contributed by atoms with Crippen molar-refractivity contribution in [3.05, 3.63) is 34.5 Å². The van der Waals surface area contributed by atoms with Gasteiger partial charge in [0, 0.05) is 18.4 Å². The largest absolute Gasteiger partial charge is 0.460 e. The molecule has 0 bridgehead atoms. The smallest absolute Gasteiger partial charge is 0.148 e. The molecule has 2 rings (SSSR count). The summed E-state index contributed by atoms with van der Waals surface area (Å²) in [6.07, 6.45) is 0.952. The normalized spacial score (nSPS) is 11.5. The minimum atomic E-state index is 0.950. The van der Waals surface area contributed by atoms with Gasteiger partial charge in [0.15, 0.2) is 0 Å². The molecule has 0 unspecified atom stereocenters. The SMILES string of the molecule is CN(C)CCc1cc2cccc(Br)c2o1. The van der Waals surface area contributed by atoms with E-state index in [2.05, 4.69) is 47.1 Å². The zero-order valence-corrected chi connectivity index (χ0v) is 10.5. The number of benzene rings is 1. The molecule has 0 aliphatic heterocycles. The molecule has 80 valence electrons. The van der Waals surface area contributed by atoms with Crippen molar-refractivity contribution in [2.45, 2.75) is 6.42 Å². The van der Waals surface area contributed by atoms with Gasteiger partial charge in [0.25, 0.3) is 0 Å². The van der Waals surface area contributed by atoms with E-state index < -0.39 is 0 Å². The van der Waals surface area contributed by atoms with Crippen molar-refractivity contribution < 1.29 is 4.42 Å². The number of hydrogen-bond donors (Lipinski definition) is 0. The lowest BCUT2D eigenvalue weighted by atomic mass is 10.2. The highest BCUT2D eigenvalue weighted by Crippen LogP contribution is 2.27. The molecule has 0 atom stereocenters. The zero-order valence-electron chi connectivity index (χ0n) is 8.96. The average molecular weight is 268 g/mol. The Balaban J connectivity index is 2.27. The Hall–Kier alpha value is -0.800. The van der Waals surface area contributed by atoms with Gasteiger partial charge in [-0.15, -0.1) is 0 Å². The van der Waals surface area contributed by atoms with E-state index >= 15 is 0 Å². The van der Waals surface area contributed by atoms with E-state index in [1.807, 2.05) is 12.1 Å². The maximum Gasteiger partial charge on any atom is 0.148 e. The van der Waals surface area contributed by atoms with Crippen LogP contribution >= 0.6 is 15.9 Å². The molecule has 1 aromatic heterocycles. The molecule has 0 N–H and O–H groups in total. The van der Waals surface area contributed by atoms with Gasteiger partial charge in [0.2, 0.25) is 0 Å². The van der Waals surface area contributed by atoms with E-state index in [1.54, 1.807) is 0 Å². The van der Waals surface area contributed by atoms with E-state index in [4.69, 9.17) is 4.42 Å². The molecule has 0 spiro atoms. The average Bonchev–Trinajstić information content (AvgIpc) is 2.59. The summed E-state index contributed by atoms with van der Waals surface area (Å²) in [4.78, 5) is 2.15. The quantitative estimate of drug-likeness (QED) is 0.849. The lowest BCUT2D eigenvalue weighted by molar-refractivity contribution is 0.394. The Labute approximate surface area is 98.0 Å². The third-order valence-electron chi connectivity index (χ3n) is 2.35. The first kappa shape index (κ1) is 10.7. The molecule has 3 heteroatoms. The molecule has 0 fully saturated rings. The first-order chi connectivity index (χ1) is 7.16.